The number of hydrogen-bond acceptors (Lipinski definition) is 5. The van der Waals surface area contributed by atoms with Crippen LogP contribution in [0.15, 0.2) is 22.9 Å². The number of amides is 1. The predicted molar refractivity (Wildman–Crippen MR) is 73.9 cm³/mol. The van der Waals surface area contributed by atoms with E-state index in [0.29, 0.717) is 18.8 Å². The summed E-state index contributed by atoms with van der Waals surface area (Å²) in [6.45, 7) is 2.94. The first-order chi connectivity index (χ1) is 10.1. The molecule has 2 aromatic rings. The molecule has 1 saturated heterocycles. The maximum absolute atomic E-state index is 12.5. The van der Waals surface area contributed by atoms with E-state index in [1.54, 1.807) is 22.8 Å². The van der Waals surface area contributed by atoms with Gasteiger partial charge in [0, 0.05) is 39.0 Å². The van der Waals surface area contributed by atoms with Crippen LogP contribution in [0.3, 0.4) is 0 Å². The highest BCUT2D eigenvalue weighted by Gasteiger charge is 2.39. The lowest BCUT2D eigenvalue weighted by atomic mass is 10.0. The van der Waals surface area contributed by atoms with Crippen LogP contribution in [0.1, 0.15) is 27.7 Å². The summed E-state index contributed by atoms with van der Waals surface area (Å²) >= 11 is 0. The maximum atomic E-state index is 12.5. The van der Waals surface area contributed by atoms with Crippen LogP contribution in [0.5, 0.6) is 0 Å². The second-order valence-electron chi connectivity index (χ2n) is 5.34. The minimum absolute atomic E-state index is 0.0305. The number of aromatic nitrogens is 3. The van der Waals surface area contributed by atoms with E-state index in [9.17, 15) is 4.79 Å². The van der Waals surface area contributed by atoms with Crippen molar-refractivity contribution in [3.8, 4) is 0 Å². The van der Waals surface area contributed by atoms with E-state index < -0.39 is 0 Å². The van der Waals surface area contributed by atoms with Crippen molar-refractivity contribution in [3.63, 3.8) is 0 Å². The van der Waals surface area contributed by atoms with E-state index in [4.69, 9.17) is 9.15 Å². The van der Waals surface area contributed by atoms with Crippen LogP contribution in [-0.4, -0.2) is 52.1 Å². The molecule has 1 aliphatic heterocycles. The molecule has 0 bridgehead atoms. The quantitative estimate of drug-likeness (QED) is 0.842. The van der Waals surface area contributed by atoms with Gasteiger partial charge in [-0.05, 0) is 13.0 Å². The topological polar surface area (TPSA) is 73.4 Å². The Morgan fingerprint density at radius 1 is 1.48 bits per heavy atom. The summed E-state index contributed by atoms with van der Waals surface area (Å²) in [4.78, 5) is 14.3. The van der Waals surface area contributed by atoms with Gasteiger partial charge < -0.3 is 14.1 Å². The molecular weight excluding hydrogens is 272 g/mol. The van der Waals surface area contributed by atoms with Crippen molar-refractivity contribution in [2.75, 3.05) is 20.2 Å². The third-order valence-electron chi connectivity index (χ3n) is 3.91. The zero-order valence-corrected chi connectivity index (χ0v) is 12.3. The summed E-state index contributed by atoms with van der Waals surface area (Å²) in [7, 11) is 3.47. The lowest BCUT2D eigenvalue weighted by Gasteiger charge is -2.14. The molecular formula is C14H18N4O3. The summed E-state index contributed by atoms with van der Waals surface area (Å²) in [5.41, 5.74) is 1.69. The van der Waals surface area contributed by atoms with Gasteiger partial charge in [0.1, 0.15) is 0 Å². The molecule has 0 N–H and O–H groups in total. The Bertz CT molecular complexity index is 648. The number of methoxy groups -OCH3 is 1. The van der Waals surface area contributed by atoms with Gasteiger partial charge in [-0.3, -0.25) is 9.48 Å². The fraction of sp³-hybridized carbons (Fsp3) is 0.500. The Morgan fingerprint density at radius 3 is 2.86 bits per heavy atom. The minimum Gasteiger partial charge on any atom is -0.459 e. The maximum Gasteiger partial charge on any atom is 0.289 e. The lowest BCUT2D eigenvalue weighted by molar-refractivity contribution is 0.0687. The molecule has 0 saturated carbocycles. The molecule has 21 heavy (non-hydrogen) atoms. The van der Waals surface area contributed by atoms with Crippen LogP contribution in [0.25, 0.3) is 0 Å². The van der Waals surface area contributed by atoms with Gasteiger partial charge in [0.2, 0.25) is 0 Å². The van der Waals surface area contributed by atoms with Crippen LogP contribution in [0.2, 0.25) is 0 Å². The van der Waals surface area contributed by atoms with Crippen LogP contribution in [-0.2, 0) is 11.8 Å². The van der Waals surface area contributed by atoms with Crippen LogP contribution in [0.4, 0.5) is 0 Å². The van der Waals surface area contributed by atoms with E-state index in [0.717, 1.165) is 11.3 Å². The van der Waals surface area contributed by atoms with Crippen molar-refractivity contribution in [1.29, 1.82) is 0 Å². The first kappa shape index (κ1) is 13.8. The summed E-state index contributed by atoms with van der Waals surface area (Å²) in [6, 6.07) is 1.79. The third-order valence-corrected chi connectivity index (χ3v) is 3.91. The number of aryl methyl sites for hydroxylation is 2. The average molecular weight is 290 g/mol. The number of carbonyl (C=O) groups is 1. The third kappa shape index (κ3) is 2.44. The van der Waals surface area contributed by atoms with Gasteiger partial charge >= 0.3 is 0 Å². The highest BCUT2D eigenvalue weighted by Crippen LogP contribution is 2.29. The highest BCUT2D eigenvalue weighted by molar-refractivity contribution is 5.93. The molecule has 7 nitrogen and oxygen atoms in total. The lowest BCUT2D eigenvalue weighted by Crippen LogP contribution is -2.30. The average Bonchev–Trinajstić information content (AvgIpc) is 3.16. The molecule has 3 heterocycles. The molecule has 7 heteroatoms. The Labute approximate surface area is 122 Å². The molecule has 0 radical (unpaired) electrons. The summed E-state index contributed by atoms with van der Waals surface area (Å²) in [5, 5.41) is 8.09. The molecule has 0 spiro atoms. The van der Waals surface area contributed by atoms with Crippen molar-refractivity contribution in [2.24, 2.45) is 7.05 Å². The second-order valence-corrected chi connectivity index (χ2v) is 5.34. The molecule has 1 fully saturated rings. The Hall–Kier alpha value is -2.15. The monoisotopic (exact) mass is 290 g/mol. The van der Waals surface area contributed by atoms with E-state index in [1.807, 2.05) is 20.2 Å². The Balaban J connectivity index is 1.81. The van der Waals surface area contributed by atoms with Crippen molar-refractivity contribution < 1.29 is 13.9 Å². The zero-order valence-electron chi connectivity index (χ0n) is 12.3. The predicted octanol–water partition coefficient (Wildman–Crippen LogP) is 0.971. The van der Waals surface area contributed by atoms with E-state index in [-0.39, 0.29) is 17.9 Å². The van der Waals surface area contributed by atoms with E-state index in [1.165, 1.54) is 6.26 Å². The van der Waals surface area contributed by atoms with Gasteiger partial charge in [0.25, 0.3) is 5.91 Å². The SMILES string of the molecule is CO[C@@H]1CN(C(=O)c2occc2C)C[C@H]1c1cn(C)nn1. The number of rotatable bonds is 3. The standard InChI is InChI=1S/C14H18N4O3/c1-9-4-5-21-13(9)14(19)18-6-10(12(8-18)20-3)11-7-17(2)16-15-11/h4-5,7,10,12H,6,8H2,1-3H3/t10-,12+/m0/s1. The number of furan rings is 1. The van der Waals surface area contributed by atoms with Crippen molar-refractivity contribution in [2.45, 2.75) is 18.9 Å². The number of likely N-dealkylation sites (tertiary alicyclic amines) is 1. The Morgan fingerprint density at radius 2 is 2.29 bits per heavy atom. The van der Waals surface area contributed by atoms with Crippen molar-refractivity contribution >= 4 is 5.91 Å². The smallest absolute Gasteiger partial charge is 0.289 e. The highest BCUT2D eigenvalue weighted by atomic mass is 16.5. The number of hydrogen-bond donors (Lipinski definition) is 0. The largest absolute Gasteiger partial charge is 0.459 e. The minimum atomic E-state index is -0.106. The van der Waals surface area contributed by atoms with Gasteiger partial charge in [0.05, 0.1) is 24.0 Å². The van der Waals surface area contributed by atoms with Crippen LogP contribution in [0, 0.1) is 6.92 Å². The van der Waals surface area contributed by atoms with Crippen LogP contribution >= 0.6 is 0 Å². The van der Waals surface area contributed by atoms with E-state index >= 15 is 0 Å². The summed E-state index contributed by atoms with van der Waals surface area (Å²) in [6.07, 6.45) is 3.32. The number of nitrogens with zero attached hydrogens (tertiary/aromatic N) is 4. The molecule has 0 aromatic carbocycles. The molecule has 1 aliphatic rings. The first-order valence-electron chi connectivity index (χ1n) is 6.82. The molecule has 112 valence electrons. The van der Waals surface area contributed by atoms with Gasteiger partial charge in [-0.25, -0.2) is 0 Å². The fourth-order valence-corrected chi connectivity index (χ4v) is 2.73. The molecule has 0 unspecified atom stereocenters. The van der Waals surface area contributed by atoms with Gasteiger partial charge in [-0.15, -0.1) is 5.10 Å². The number of ether oxygens (including phenoxy) is 1. The van der Waals surface area contributed by atoms with Crippen LogP contribution < -0.4 is 0 Å². The van der Waals surface area contributed by atoms with Gasteiger partial charge in [-0.2, -0.15) is 0 Å². The normalized spacial score (nSPS) is 22.0. The zero-order chi connectivity index (χ0) is 15.0. The van der Waals surface area contributed by atoms with E-state index in [2.05, 4.69) is 10.3 Å². The summed E-state index contributed by atoms with van der Waals surface area (Å²) in [5.74, 6) is 0.318. The number of carbonyl (C=O) groups excluding carboxylic acids is 1. The molecule has 0 aliphatic carbocycles. The van der Waals surface area contributed by atoms with Crippen molar-refractivity contribution in [3.05, 3.63) is 35.5 Å². The second kappa shape index (κ2) is 5.33. The molecule has 1 amide bonds. The molecule has 2 aromatic heterocycles. The first-order valence-corrected chi connectivity index (χ1v) is 6.82. The molecule has 2 atom stereocenters. The Kier molecular flexibility index (Phi) is 3.50. The van der Waals surface area contributed by atoms with Gasteiger partial charge in [-0.1, -0.05) is 5.21 Å². The fourth-order valence-electron chi connectivity index (χ4n) is 2.73. The molecule has 3 rings (SSSR count). The van der Waals surface area contributed by atoms with Gasteiger partial charge in [0.15, 0.2) is 5.76 Å². The van der Waals surface area contributed by atoms with Crippen molar-refractivity contribution in [1.82, 2.24) is 19.9 Å². The summed E-state index contributed by atoms with van der Waals surface area (Å²) < 4.78 is 12.5.